The van der Waals surface area contributed by atoms with Crippen LogP contribution in [0.1, 0.15) is 23.2 Å². The second-order valence-corrected chi connectivity index (χ2v) is 5.57. The smallest absolute Gasteiger partial charge is 0.308 e. The topological polar surface area (TPSA) is 57.6 Å². The SMILES string of the molecule is O=C(O)[C@@H]1CCCN(C(=O)c2ccccc2I)C1. The van der Waals surface area contributed by atoms with E-state index in [2.05, 4.69) is 22.6 Å². The molecule has 1 fully saturated rings. The minimum atomic E-state index is -0.810. The lowest BCUT2D eigenvalue weighted by Crippen LogP contribution is -2.42. The number of aliphatic carboxylic acids is 1. The number of likely N-dealkylation sites (tertiary alicyclic amines) is 1. The summed E-state index contributed by atoms with van der Waals surface area (Å²) in [5, 5.41) is 9.02. The highest BCUT2D eigenvalue weighted by atomic mass is 127. The standard InChI is InChI=1S/C13H14INO3/c14-11-6-2-1-5-10(11)12(16)15-7-3-4-9(8-15)13(17)18/h1-2,5-6,9H,3-4,7-8H2,(H,17,18)/t9-/m1/s1. The van der Waals surface area contributed by atoms with E-state index in [1.165, 1.54) is 0 Å². The van der Waals surface area contributed by atoms with Gasteiger partial charge in [0.1, 0.15) is 0 Å². The molecule has 1 atom stereocenters. The summed E-state index contributed by atoms with van der Waals surface area (Å²) in [6.45, 7) is 0.965. The molecular formula is C13H14INO3. The van der Waals surface area contributed by atoms with Crippen LogP contribution in [-0.2, 0) is 4.79 Å². The van der Waals surface area contributed by atoms with Crippen LogP contribution in [0, 0.1) is 9.49 Å². The molecule has 4 nitrogen and oxygen atoms in total. The molecule has 1 aliphatic heterocycles. The number of amides is 1. The van der Waals surface area contributed by atoms with Gasteiger partial charge in [-0.1, -0.05) is 12.1 Å². The van der Waals surface area contributed by atoms with E-state index in [9.17, 15) is 9.59 Å². The number of nitrogens with zero attached hydrogens (tertiary/aromatic N) is 1. The number of carboxylic acid groups (broad SMARTS) is 1. The van der Waals surface area contributed by atoms with Gasteiger partial charge < -0.3 is 10.0 Å². The van der Waals surface area contributed by atoms with Crippen LogP contribution in [0.15, 0.2) is 24.3 Å². The molecule has 0 saturated carbocycles. The Balaban J connectivity index is 2.14. The third kappa shape index (κ3) is 2.82. The Morgan fingerprint density at radius 3 is 2.72 bits per heavy atom. The van der Waals surface area contributed by atoms with Crippen molar-refractivity contribution in [2.75, 3.05) is 13.1 Å². The summed E-state index contributed by atoms with van der Waals surface area (Å²) in [6.07, 6.45) is 1.41. The van der Waals surface area contributed by atoms with Gasteiger partial charge in [0.25, 0.3) is 5.91 Å². The molecule has 1 aromatic carbocycles. The zero-order valence-electron chi connectivity index (χ0n) is 9.80. The molecular weight excluding hydrogens is 345 g/mol. The molecule has 0 unspecified atom stereocenters. The first-order valence-electron chi connectivity index (χ1n) is 5.86. The van der Waals surface area contributed by atoms with Gasteiger partial charge in [0.05, 0.1) is 11.5 Å². The van der Waals surface area contributed by atoms with E-state index in [0.29, 0.717) is 25.1 Å². The number of hydrogen-bond acceptors (Lipinski definition) is 2. The summed E-state index contributed by atoms with van der Waals surface area (Å²) in [4.78, 5) is 25.0. The van der Waals surface area contributed by atoms with Crippen LogP contribution in [0.3, 0.4) is 0 Å². The van der Waals surface area contributed by atoms with E-state index in [1.54, 1.807) is 11.0 Å². The van der Waals surface area contributed by atoms with Gasteiger partial charge in [0, 0.05) is 16.7 Å². The Labute approximate surface area is 119 Å². The van der Waals surface area contributed by atoms with E-state index in [-0.39, 0.29) is 5.91 Å². The minimum Gasteiger partial charge on any atom is -0.481 e. The van der Waals surface area contributed by atoms with Gasteiger partial charge in [0.15, 0.2) is 0 Å². The van der Waals surface area contributed by atoms with Crippen molar-refractivity contribution in [3.05, 3.63) is 33.4 Å². The maximum Gasteiger partial charge on any atom is 0.308 e. The molecule has 1 saturated heterocycles. The van der Waals surface area contributed by atoms with E-state index < -0.39 is 11.9 Å². The number of benzene rings is 1. The maximum atomic E-state index is 12.3. The molecule has 96 valence electrons. The molecule has 0 radical (unpaired) electrons. The van der Waals surface area contributed by atoms with Crippen molar-refractivity contribution >= 4 is 34.5 Å². The van der Waals surface area contributed by atoms with Crippen LogP contribution in [0.2, 0.25) is 0 Å². The van der Waals surface area contributed by atoms with Gasteiger partial charge in [-0.25, -0.2) is 0 Å². The number of carbonyl (C=O) groups is 2. The Morgan fingerprint density at radius 1 is 1.33 bits per heavy atom. The Bertz CT molecular complexity index is 475. The molecule has 2 rings (SSSR count). The van der Waals surface area contributed by atoms with Crippen LogP contribution in [0.25, 0.3) is 0 Å². The third-order valence-corrected chi connectivity index (χ3v) is 4.10. The predicted octanol–water partition coefficient (Wildman–Crippen LogP) is 2.23. The fourth-order valence-electron chi connectivity index (χ4n) is 2.17. The Hall–Kier alpha value is -1.11. The molecule has 1 aliphatic rings. The lowest BCUT2D eigenvalue weighted by atomic mass is 9.97. The zero-order chi connectivity index (χ0) is 13.1. The predicted molar refractivity (Wildman–Crippen MR) is 75.4 cm³/mol. The number of carbonyl (C=O) groups excluding carboxylic acids is 1. The quantitative estimate of drug-likeness (QED) is 0.824. The summed E-state index contributed by atoms with van der Waals surface area (Å²) in [6, 6.07) is 7.38. The summed E-state index contributed by atoms with van der Waals surface area (Å²) in [7, 11) is 0. The van der Waals surface area contributed by atoms with Gasteiger partial charge in [-0.3, -0.25) is 9.59 Å². The highest BCUT2D eigenvalue weighted by molar-refractivity contribution is 14.1. The van der Waals surface area contributed by atoms with Crippen molar-refractivity contribution in [3.8, 4) is 0 Å². The second-order valence-electron chi connectivity index (χ2n) is 4.41. The lowest BCUT2D eigenvalue weighted by Gasteiger charge is -2.31. The molecule has 1 amide bonds. The average molecular weight is 359 g/mol. The summed E-state index contributed by atoms with van der Waals surface area (Å²) < 4.78 is 0.901. The molecule has 1 aromatic rings. The number of piperidine rings is 1. The average Bonchev–Trinajstić information content (AvgIpc) is 2.38. The largest absolute Gasteiger partial charge is 0.481 e. The van der Waals surface area contributed by atoms with Crippen molar-refractivity contribution in [3.63, 3.8) is 0 Å². The van der Waals surface area contributed by atoms with Crippen LogP contribution < -0.4 is 0 Å². The molecule has 1 heterocycles. The van der Waals surface area contributed by atoms with Crippen molar-refractivity contribution in [1.82, 2.24) is 4.90 Å². The molecule has 0 spiro atoms. The van der Waals surface area contributed by atoms with Gasteiger partial charge in [-0.15, -0.1) is 0 Å². The maximum absolute atomic E-state index is 12.3. The molecule has 0 aromatic heterocycles. The summed E-state index contributed by atoms with van der Waals surface area (Å²) in [5.74, 6) is -1.30. The Kier molecular flexibility index (Phi) is 4.21. The van der Waals surface area contributed by atoms with Crippen LogP contribution in [-0.4, -0.2) is 35.0 Å². The number of carboxylic acids is 1. The van der Waals surface area contributed by atoms with E-state index >= 15 is 0 Å². The van der Waals surface area contributed by atoms with Crippen molar-refractivity contribution < 1.29 is 14.7 Å². The molecule has 0 bridgehead atoms. The number of halogens is 1. The Morgan fingerprint density at radius 2 is 2.06 bits per heavy atom. The summed E-state index contributed by atoms with van der Waals surface area (Å²) in [5.41, 5.74) is 0.657. The normalized spacial score (nSPS) is 19.6. The van der Waals surface area contributed by atoms with Gasteiger partial charge in [-0.2, -0.15) is 0 Å². The van der Waals surface area contributed by atoms with Crippen molar-refractivity contribution in [2.45, 2.75) is 12.8 Å². The van der Waals surface area contributed by atoms with Crippen molar-refractivity contribution in [2.24, 2.45) is 5.92 Å². The van der Waals surface area contributed by atoms with E-state index in [1.807, 2.05) is 18.2 Å². The van der Waals surface area contributed by atoms with Crippen molar-refractivity contribution in [1.29, 1.82) is 0 Å². The minimum absolute atomic E-state index is 0.0639. The van der Waals surface area contributed by atoms with Crippen LogP contribution in [0.5, 0.6) is 0 Å². The first-order valence-corrected chi connectivity index (χ1v) is 6.94. The zero-order valence-corrected chi connectivity index (χ0v) is 12.0. The highest BCUT2D eigenvalue weighted by Gasteiger charge is 2.29. The monoisotopic (exact) mass is 359 g/mol. The lowest BCUT2D eigenvalue weighted by molar-refractivity contribution is -0.143. The van der Waals surface area contributed by atoms with Gasteiger partial charge in [0.2, 0.25) is 0 Å². The number of hydrogen-bond donors (Lipinski definition) is 1. The molecule has 5 heteroatoms. The van der Waals surface area contributed by atoms with Crippen LogP contribution in [0.4, 0.5) is 0 Å². The first-order chi connectivity index (χ1) is 8.59. The molecule has 18 heavy (non-hydrogen) atoms. The second kappa shape index (κ2) is 5.69. The van der Waals surface area contributed by atoms with E-state index in [4.69, 9.17) is 5.11 Å². The molecule has 1 N–H and O–H groups in total. The van der Waals surface area contributed by atoms with E-state index in [0.717, 1.165) is 9.99 Å². The highest BCUT2D eigenvalue weighted by Crippen LogP contribution is 2.20. The first kappa shape index (κ1) is 13.3. The fourth-order valence-corrected chi connectivity index (χ4v) is 2.79. The third-order valence-electron chi connectivity index (χ3n) is 3.16. The van der Waals surface area contributed by atoms with Crippen LogP contribution >= 0.6 is 22.6 Å². The fraction of sp³-hybridized carbons (Fsp3) is 0.385. The van der Waals surface area contributed by atoms with Gasteiger partial charge in [-0.05, 0) is 47.6 Å². The molecule has 0 aliphatic carbocycles. The number of rotatable bonds is 2. The summed E-state index contributed by atoms with van der Waals surface area (Å²) >= 11 is 2.13. The van der Waals surface area contributed by atoms with Gasteiger partial charge >= 0.3 is 5.97 Å².